The molecule has 20 heavy (non-hydrogen) atoms. The number of nitrogens with zero attached hydrogens (tertiary/aromatic N) is 2. The lowest BCUT2D eigenvalue weighted by Gasteiger charge is -2.06. The zero-order valence-electron chi connectivity index (χ0n) is 10.9. The molecular weight excluding hydrogens is 254 g/mol. The largest absolute Gasteiger partial charge is 0.493 e. The second-order valence-corrected chi connectivity index (χ2v) is 4.45. The van der Waals surface area contributed by atoms with Gasteiger partial charge in [-0.15, -0.1) is 0 Å². The summed E-state index contributed by atoms with van der Waals surface area (Å²) in [6.45, 7) is 1.79. The fourth-order valence-corrected chi connectivity index (χ4v) is 2.23. The van der Waals surface area contributed by atoms with Crippen molar-refractivity contribution in [2.75, 3.05) is 0 Å². The lowest BCUT2D eigenvalue weighted by atomic mass is 10.1. The monoisotopic (exact) mass is 267 g/mol. The van der Waals surface area contributed by atoms with Crippen molar-refractivity contribution in [1.82, 2.24) is 15.0 Å². The number of aromatic amines is 1. The van der Waals surface area contributed by atoms with Gasteiger partial charge in [-0.1, -0.05) is 31.2 Å². The molecule has 0 unspecified atom stereocenters. The number of benzene rings is 1. The number of aromatic nitrogens is 3. The normalized spacial score (nSPS) is 10.8. The molecule has 0 aliphatic rings. The maximum atomic E-state index is 11.9. The second-order valence-electron chi connectivity index (χ2n) is 4.45. The van der Waals surface area contributed by atoms with Crippen molar-refractivity contribution < 1.29 is 5.11 Å². The van der Waals surface area contributed by atoms with Gasteiger partial charge < -0.3 is 10.1 Å². The Hall–Kier alpha value is -2.69. The van der Waals surface area contributed by atoms with Crippen LogP contribution >= 0.6 is 0 Å². The van der Waals surface area contributed by atoms with E-state index in [4.69, 9.17) is 0 Å². The van der Waals surface area contributed by atoms with E-state index in [0.717, 1.165) is 10.8 Å². The molecule has 0 aliphatic heterocycles. The van der Waals surface area contributed by atoms with Crippen LogP contribution in [0.4, 0.5) is 0 Å². The minimum Gasteiger partial charge on any atom is -0.493 e. The Labute approximate surface area is 115 Å². The molecule has 0 fully saturated rings. The molecule has 5 heteroatoms. The van der Waals surface area contributed by atoms with Gasteiger partial charge in [0.05, 0.1) is 5.56 Å². The summed E-state index contributed by atoms with van der Waals surface area (Å²) in [6.07, 6.45) is 2.08. The van der Waals surface area contributed by atoms with Gasteiger partial charge in [0, 0.05) is 11.6 Å². The van der Waals surface area contributed by atoms with Gasteiger partial charge in [-0.2, -0.15) is 4.98 Å². The Morgan fingerprint density at radius 3 is 2.80 bits per heavy atom. The molecular formula is C15H13N3O2. The Kier molecular flexibility index (Phi) is 2.95. The van der Waals surface area contributed by atoms with Gasteiger partial charge in [-0.05, 0) is 17.9 Å². The first-order chi connectivity index (χ1) is 9.70. The third-order valence-corrected chi connectivity index (χ3v) is 3.25. The predicted molar refractivity (Wildman–Crippen MR) is 76.6 cm³/mol. The molecule has 5 nitrogen and oxygen atoms in total. The Morgan fingerprint density at radius 1 is 1.25 bits per heavy atom. The fourth-order valence-electron chi connectivity index (χ4n) is 2.23. The highest BCUT2D eigenvalue weighted by atomic mass is 16.3. The van der Waals surface area contributed by atoms with E-state index in [1.807, 2.05) is 30.3 Å². The molecule has 2 aromatic heterocycles. The molecule has 0 amide bonds. The van der Waals surface area contributed by atoms with E-state index in [0.29, 0.717) is 12.1 Å². The van der Waals surface area contributed by atoms with Crippen molar-refractivity contribution in [3.63, 3.8) is 0 Å². The number of aromatic hydroxyl groups is 1. The molecule has 0 radical (unpaired) electrons. The van der Waals surface area contributed by atoms with E-state index in [-0.39, 0.29) is 22.8 Å². The van der Waals surface area contributed by atoms with Crippen LogP contribution in [0.15, 0.2) is 41.3 Å². The second kappa shape index (κ2) is 4.77. The van der Waals surface area contributed by atoms with Gasteiger partial charge in [-0.25, -0.2) is 0 Å². The standard InChI is InChI=1S/C15H13N3O2/c1-2-10-14(19)17-13(18-15(10)20)12-11-6-4-3-5-9(11)7-8-16-12/h3-8H,2H2,1H3,(H2,17,18,19,20). The maximum absolute atomic E-state index is 11.9. The topological polar surface area (TPSA) is 78.9 Å². The lowest BCUT2D eigenvalue weighted by Crippen LogP contribution is -2.14. The predicted octanol–water partition coefficient (Wildman–Crippen LogP) is 2.25. The molecule has 0 saturated carbocycles. The van der Waals surface area contributed by atoms with Crippen LogP contribution < -0.4 is 5.56 Å². The van der Waals surface area contributed by atoms with Gasteiger partial charge in [0.25, 0.3) is 5.56 Å². The number of hydrogen-bond donors (Lipinski definition) is 2. The number of H-pyrrole nitrogens is 1. The van der Waals surface area contributed by atoms with Crippen LogP contribution in [0.3, 0.4) is 0 Å². The van der Waals surface area contributed by atoms with E-state index < -0.39 is 0 Å². The molecule has 3 rings (SSSR count). The maximum Gasteiger partial charge on any atom is 0.258 e. The quantitative estimate of drug-likeness (QED) is 0.746. The minimum atomic E-state index is -0.329. The van der Waals surface area contributed by atoms with Crippen LogP contribution in [0, 0.1) is 0 Å². The van der Waals surface area contributed by atoms with E-state index in [2.05, 4.69) is 15.0 Å². The molecule has 3 aromatic rings. The zero-order chi connectivity index (χ0) is 14.1. The molecule has 0 atom stereocenters. The molecule has 2 heterocycles. The van der Waals surface area contributed by atoms with Crippen LogP contribution in [-0.2, 0) is 6.42 Å². The Balaban J connectivity index is 2.29. The minimum absolute atomic E-state index is 0.235. The SMILES string of the molecule is CCc1c(O)nc(-c2nccc3ccccc23)[nH]c1=O. The summed E-state index contributed by atoms with van der Waals surface area (Å²) in [4.78, 5) is 22.9. The highest BCUT2D eigenvalue weighted by molar-refractivity contribution is 5.92. The molecule has 1 aromatic carbocycles. The summed E-state index contributed by atoms with van der Waals surface area (Å²) in [5.74, 6) is 0.0440. The Morgan fingerprint density at radius 2 is 2.05 bits per heavy atom. The summed E-state index contributed by atoms with van der Waals surface area (Å²) < 4.78 is 0. The van der Waals surface area contributed by atoms with Crippen LogP contribution in [0.5, 0.6) is 5.88 Å². The lowest BCUT2D eigenvalue weighted by molar-refractivity contribution is 0.444. The van der Waals surface area contributed by atoms with Crippen LogP contribution in [0.1, 0.15) is 12.5 Å². The average Bonchev–Trinajstić information content (AvgIpc) is 2.46. The summed E-state index contributed by atoms with van der Waals surface area (Å²) in [6, 6.07) is 9.57. The van der Waals surface area contributed by atoms with E-state index in [1.54, 1.807) is 13.1 Å². The molecule has 100 valence electrons. The smallest absolute Gasteiger partial charge is 0.258 e. The van der Waals surface area contributed by atoms with Crippen LogP contribution in [0.2, 0.25) is 0 Å². The van der Waals surface area contributed by atoms with Crippen molar-refractivity contribution in [3.8, 4) is 17.4 Å². The first kappa shape index (κ1) is 12.3. The summed E-state index contributed by atoms with van der Waals surface area (Å²) in [7, 11) is 0. The molecule has 0 spiro atoms. The van der Waals surface area contributed by atoms with Crippen molar-refractivity contribution in [2.24, 2.45) is 0 Å². The highest BCUT2D eigenvalue weighted by Crippen LogP contribution is 2.24. The van der Waals surface area contributed by atoms with Gasteiger partial charge in [0.1, 0.15) is 5.69 Å². The third kappa shape index (κ3) is 1.93. The molecule has 0 bridgehead atoms. The number of nitrogens with one attached hydrogen (secondary N) is 1. The van der Waals surface area contributed by atoms with E-state index >= 15 is 0 Å². The first-order valence-electron chi connectivity index (χ1n) is 6.37. The number of rotatable bonds is 2. The number of pyridine rings is 1. The van der Waals surface area contributed by atoms with Crippen LogP contribution in [0.25, 0.3) is 22.3 Å². The van der Waals surface area contributed by atoms with Gasteiger partial charge in [0.2, 0.25) is 5.88 Å². The van der Waals surface area contributed by atoms with Crippen molar-refractivity contribution in [1.29, 1.82) is 0 Å². The zero-order valence-corrected chi connectivity index (χ0v) is 10.9. The summed E-state index contributed by atoms with van der Waals surface area (Å²) in [5.41, 5.74) is 0.511. The van der Waals surface area contributed by atoms with Crippen molar-refractivity contribution in [2.45, 2.75) is 13.3 Å². The van der Waals surface area contributed by atoms with Gasteiger partial charge in [-0.3, -0.25) is 9.78 Å². The fraction of sp³-hybridized carbons (Fsp3) is 0.133. The molecule has 0 saturated heterocycles. The molecule has 2 N–H and O–H groups in total. The summed E-state index contributed by atoms with van der Waals surface area (Å²) >= 11 is 0. The first-order valence-corrected chi connectivity index (χ1v) is 6.37. The van der Waals surface area contributed by atoms with Crippen LogP contribution in [-0.4, -0.2) is 20.1 Å². The van der Waals surface area contributed by atoms with Crippen molar-refractivity contribution in [3.05, 3.63) is 52.4 Å². The summed E-state index contributed by atoms with van der Waals surface area (Å²) in [5, 5.41) is 11.7. The Bertz CT molecular complexity index is 835. The van der Waals surface area contributed by atoms with Gasteiger partial charge in [0.15, 0.2) is 5.82 Å². The third-order valence-electron chi connectivity index (χ3n) is 3.25. The van der Waals surface area contributed by atoms with E-state index in [1.165, 1.54) is 0 Å². The van der Waals surface area contributed by atoms with Gasteiger partial charge >= 0.3 is 0 Å². The molecule has 0 aliphatic carbocycles. The highest BCUT2D eigenvalue weighted by Gasteiger charge is 2.12. The van der Waals surface area contributed by atoms with Crippen molar-refractivity contribution >= 4 is 10.8 Å². The van der Waals surface area contributed by atoms with E-state index in [9.17, 15) is 9.90 Å². The average molecular weight is 267 g/mol. The number of fused-ring (bicyclic) bond motifs is 1. The number of hydrogen-bond acceptors (Lipinski definition) is 4.